The average molecular weight is 363 g/mol. The number of nitrogens with two attached hydrogens (primary N) is 2. The maximum absolute atomic E-state index is 12.5. The first-order chi connectivity index (χ1) is 10.9. The van der Waals surface area contributed by atoms with Crippen molar-refractivity contribution in [3.8, 4) is 11.4 Å². The Morgan fingerprint density at radius 2 is 1.96 bits per heavy atom. The van der Waals surface area contributed by atoms with Crippen molar-refractivity contribution in [1.82, 2.24) is 10.1 Å². The molecule has 1 aromatic heterocycles. The van der Waals surface area contributed by atoms with Crippen LogP contribution in [0.4, 0.5) is 18.9 Å². The van der Waals surface area contributed by atoms with E-state index in [1.807, 2.05) is 0 Å². The Morgan fingerprint density at radius 3 is 2.42 bits per heavy atom. The summed E-state index contributed by atoms with van der Waals surface area (Å²) in [6.45, 7) is 3.23. The topological polar surface area (TPSA) is 132 Å². The van der Waals surface area contributed by atoms with E-state index in [1.165, 1.54) is 18.2 Å². The van der Waals surface area contributed by atoms with Crippen molar-refractivity contribution >= 4 is 15.4 Å². The third kappa shape index (κ3) is 3.36. The number of nitrogen functional groups attached to an aromatic ring is 1. The van der Waals surface area contributed by atoms with E-state index in [1.54, 1.807) is 13.8 Å². The predicted octanol–water partition coefficient (Wildman–Crippen LogP) is 2.75. The lowest BCUT2D eigenvalue weighted by Crippen LogP contribution is -2.27. The summed E-state index contributed by atoms with van der Waals surface area (Å²) in [6.07, 6.45) is -4.75. The minimum absolute atomic E-state index is 0.0384. The zero-order chi connectivity index (χ0) is 18.3. The minimum atomic E-state index is -4.75. The molecule has 0 aliphatic carbocycles. The molecule has 24 heavy (non-hydrogen) atoms. The summed E-state index contributed by atoms with van der Waals surface area (Å²) in [5, 5.41) is 1.70. The molecule has 11 heteroatoms. The lowest BCUT2D eigenvalue weighted by molar-refractivity contribution is -0.159. The quantitative estimate of drug-likeness (QED) is 0.716. The fraction of sp³-hybridized carbons (Fsp3) is 0.385. The monoisotopic (exact) mass is 363 g/mol. The first kappa shape index (κ1) is 18.2. The highest BCUT2D eigenvalue weighted by Gasteiger charge is 2.38. The lowest BCUT2D eigenvalue weighted by Gasteiger charge is -2.20. The van der Waals surface area contributed by atoms with Crippen molar-refractivity contribution in [3.05, 3.63) is 29.7 Å². The standard InChI is InChI=1S/C13H16F3N5O2S/c1-6(2)24(19,22)10(18)7-3-4-8(9(17)5-7)11-20-12(23-21-11)13(14,15)16/h3-6,10,19H,17-18H2,1-2H3. The fourth-order valence-electron chi connectivity index (χ4n) is 1.91. The summed E-state index contributed by atoms with van der Waals surface area (Å²) in [7, 11) is -3.12. The molecule has 0 bridgehead atoms. The van der Waals surface area contributed by atoms with E-state index in [4.69, 9.17) is 16.2 Å². The molecule has 0 saturated carbocycles. The summed E-state index contributed by atoms with van der Waals surface area (Å²) < 4.78 is 61.8. The molecule has 2 unspecified atom stereocenters. The molecule has 7 nitrogen and oxygen atoms in total. The van der Waals surface area contributed by atoms with Gasteiger partial charge in [-0.1, -0.05) is 25.1 Å². The molecular weight excluding hydrogens is 347 g/mol. The summed E-state index contributed by atoms with van der Waals surface area (Å²) in [6, 6.07) is 4.13. The largest absolute Gasteiger partial charge is 0.471 e. The van der Waals surface area contributed by atoms with E-state index in [0.29, 0.717) is 5.56 Å². The van der Waals surface area contributed by atoms with Gasteiger partial charge < -0.3 is 16.0 Å². The Kier molecular flexibility index (Phi) is 4.59. The summed E-state index contributed by atoms with van der Waals surface area (Å²) in [5.74, 6) is -1.80. The number of hydrogen-bond acceptors (Lipinski definition) is 7. The molecule has 0 radical (unpaired) electrons. The van der Waals surface area contributed by atoms with Gasteiger partial charge in [-0.2, -0.15) is 18.2 Å². The number of halogens is 3. The van der Waals surface area contributed by atoms with Gasteiger partial charge in [-0.15, -0.1) is 0 Å². The van der Waals surface area contributed by atoms with Crippen LogP contribution in [0.3, 0.4) is 0 Å². The number of nitrogens with one attached hydrogen (secondary N) is 1. The zero-order valence-electron chi connectivity index (χ0n) is 12.8. The summed E-state index contributed by atoms with van der Waals surface area (Å²) >= 11 is 0. The van der Waals surface area contributed by atoms with Gasteiger partial charge in [0.1, 0.15) is 5.37 Å². The number of anilines is 1. The fourth-order valence-corrected chi connectivity index (χ4v) is 3.04. The van der Waals surface area contributed by atoms with Gasteiger partial charge in [0, 0.05) is 16.5 Å². The zero-order valence-corrected chi connectivity index (χ0v) is 13.6. The molecule has 0 aliphatic rings. The predicted molar refractivity (Wildman–Crippen MR) is 82.1 cm³/mol. The second kappa shape index (κ2) is 6.06. The summed E-state index contributed by atoms with van der Waals surface area (Å²) in [4.78, 5) is 3.26. The first-order valence-corrected chi connectivity index (χ1v) is 8.45. The molecule has 5 N–H and O–H groups in total. The van der Waals surface area contributed by atoms with Gasteiger partial charge >= 0.3 is 12.1 Å². The van der Waals surface area contributed by atoms with E-state index in [0.717, 1.165) is 0 Å². The average Bonchev–Trinajstić information content (AvgIpc) is 2.95. The molecule has 2 rings (SSSR count). The molecule has 0 saturated heterocycles. The van der Waals surface area contributed by atoms with Gasteiger partial charge in [-0.05, 0) is 17.7 Å². The number of alkyl halides is 3. The van der Waals surface area contributed by atoms with Crippen LogP contribution in [0.15, 0.2) is 22.7 Å². The van der Waals surface area contributed by atoms with Crippen LogP contribution < -0.4 is 11.5 Å². The van der Waals surface area contributed by atoms with Crippen molar-refractivity contribution < 1.29 is 21.9 Å². The van der Waals surface area contributed by atoms with Crippen LogP contribution in [0.2, 0.25) is 0 Å². The molecule has 132 valence electrons. The van der Waals surface area contributed by atoms with E-state index in [2.05, 4.69) is 14.7 Å². The number of aromatic nitrogens is 2. The van der Waals surface area contributed by atoms with Crippen LogP contribution in [-0.2, 0) is 15.9 Å². The highest BCUT2D eigenvalue weighted by Crippen LogP contribution is 2.32. The number of rotatable bonds is 4. The highest BCUT2D eigenvalue weighted by molar-refractivity contribution is 7.93. The van der Waals surface area contributed by atoms with Crippen LogP contribution >= 0.6 is 0 Å². The van der Waals surface area contributed by atoms with Gasteiger partial charge in [0.05, 0.1) is 9.73 Å². The Morgan fingerprint density at radius 1 is 1.33 bits per heavy atom. The van der Waals surface area contributed by atoms with Gasteiger partial charge in [0.25, 0.3) is 0 Å². The van der Waals surface area contributed by atoms with Gasteiger partial charge in [0.15, 0.2) is 0 Å². The van der Waals surface area contributed by atoms with Crippen molar-refractivity contribution in [3.63, 3.8) is 0 Å². The van der Waals surface area contributed by atoms with Crippen LogP contribution in [0.25, 0.3) is 11.4 Å². The molecule has 0 aliphatic heterocycles. The summed E-state index contributed by atoms with van der Waals surface area (Å²) in [5.41, 5.74) is 12.2. The Balaban J connectivity index is 2.39. The third-order valence-corrected chi connectivity index (χ3v) is 5.82. The first-order valence-electron chi connectivity index (χ1n) is 6.77. The Labute approximate surface area is 136 Å². The van der Waals surface area contributed by atoms with E-state index < -0.39 is 32.4 Å². The number of benzene rings is 1. The molecule has 2 atom stereocenters. The highest BCUT2D eigenvalue weighted by atomic mass is 32.2. The van der Waals surface area contributed by atoms with Gasteiger partial charge in [-0.3, -0.25) is 4.78 Å². The maximum Gasteiger partial charge on any atom is 0.471 e. The van der Waals surface area contributed by atoms with Crippen LogP contribution in [0, 0.1) is 4.78 Å². The lowest BCUT2D eigenvalue weighted by atomic mass is 10.1. The Bertz CT molecular complexity index is 846. The van der Waals surface area contributed by atoms with Gasteiger partial charge in [0.2, 0.25) is 5.82 Å². The number of nitrogens with zero attached hydrogens (tertiary/aromatic N) is 2. The molecular formula is C13H16F3N5O2S. The second-order valence-electron chi connectivity index (χ2n) is 5.38. The van der Waals surface area contributed by atoms with Crippen molar-refractivity contribution in [2.45, 2.75) is 30.6 Å². The smallest absolute Gasteiger partial charge is 0.398 e. The maximum atomic E-state index is 12.5. The minimum Gasteiger partial charge on any atom is -0.398 e. The Hall–Kier alpha value is -2.14. The van der Waals surface area contributed by atoms with E-state index in [9.17, 15) is 17.4 Å². The van der Waals surface area contributed by atoms with Crippen molar-refractivity contribution in [2.75, 3.05) is 5.73 Å². The number of hydrogen-bond donors (Lipinski definition) is 3. The van der Waals surface area contributed by atoms with Gasteiger partial charge in [-0.25, -0.2) is 4.21 Å². The second-order valence-corrected chi connectivity index (χ2v) is 8.13. The SMILES string of the molecule is CC(C)S(=N)(=O)C(N)c1ccc(-c2noc(C(F)(F)F)n2)c(N)c1. The van der Waals surface area contributed by atoms with Crippen molar-refractivity contribution in [2.24, 2.45) is 5.73 Å². The van der Waals surface area contributed by atoms with Crippen LogP contribution in [0.1, 0.15) is 30.7 Å². The molecule has 1 aromatic carbocycles. The normalized spacial score (nSPS) is 16.1. The molecule has 0 fully saturated rings. The van der Waals surface area contributed by atoms with Crippen LogP contribution in [0.5, 0.6) is 0 Å². The van der Waals surface area contributed by atoms with Crippen LogP contribution in [-0.4, -0.2) is 19.6 Å². The molecule has 1 heterocycles. The molecule has 0 spiro atoms. The van der Waals surface area contributed by atoms with E-state index >= 15 is 0 Å². The van der Waals surface area contributed by atoms with Crippen molar-refractivity contribution in [1.29, 1.82) is 4.78 Å². The van der Waals surface area contributed by atoms with E-state index in [-0.39, 0.29) is 17.1 Å². The molecule has 2 aromatic rings. The molecule has 0 amide bonds. The third-order valence-electron chi connectivity index (χ3n) is 3.39.